The smallest absolute Gasteiger partial charge is 0.320 e. The highest BCUT2D eigenvalue weighted by molar-refractivity contribution is 5.73. The second-order valence-electron chi connectivity index (χ2n) is 5.75. The van der Waals surface area contributed by atoms with Crippen molar-refractivity contribution in [2.45, 2.75) is 71.1 Å². The van der Waals surface area contributed by atoms with E-state index in [1.165, 1.54) is 12.8 Å². The van der Waals surface area contributed by atoms with Crippen molar-refractivity contribution < 1.29 is 14.6 Å². The van der Waals surface area contributed by atoms with Crippen LogP contribution in [0.2, 0.25) is 0 Å². The van der Waals surface area contributed by atoms with Crippen molar-refractivity contribution in [2.75, 3.05) is 6.61 Å². The monoisotopic (exact) mass is 257 g/mol. The summed E-state index contributed by atoms with van der Waals surface area (Å²) in [7, 11) is 0. The first-order valence-electron chi connectivity index (χ1n) is 7.09. The molecule has 0 aromatic heterocycles. The van der Waals surface area contributed by atoms with Gasteiger partial charge in [-0.1, -0.05) is 20.8 Å². The van der Waals surface area contributed by atoms with Crippen molar-refractivity contribution in [2.24, 2.45) is 5.92 Å². The van der Waals surface area contributed by atoms with Crippen LogP contribution in [0.5, 0.6) is 0 Å². The maximum absolute atomic E-state index is 11.0. The van der Waals surface area contributed by atoms with Gasteiger partial charge in [0.05, 0.1) is 6.10 Å². The first-order valence-corrected chi connectivity index (χ1v) is 7.09. The fourth-order valence-corrected chi connectivity index (χ4v) is 2.43. The molecule has 1 unspecified atom stereocenters. The normalized spacial score (nSPS) is 26.2. The molecule has 4 nitrogen and oxygen atoms in total. The predicted molar refractivity (Wildman–Crippen MR) is 71.7 cm³/mol. The summed E-state index contributed by atoms with van der Waals surface area (Å²) < 4.78 is 5.79. The van der Waals surface area contributed by atoms with Crippen LogP contribution in [-0.4, -0.2) is 35.9 Å². The molecule has 106 valence electrons. The van der Waals surface area contributed by atoms with Gasteiger partial charge in [-0.05, 0) is 38.0 Å². The minimum absolute atomic E-state index is 0.182. The SMILES string of the molecule is CC1CCC(OCCC(NC(C)C)C(=O)O)CC1. The van der Waals surface area contributed by atoms with Crippen LogP contribution in [-0.2, 0) is 9.53 Å². The van der Waals surface area contributed by atoms with E-state index >= 15 is 0 Å². The quantitative estimate of drug-likeness (QED) is 0.735. The van der Waals surface area contributed by atoms with Crippen molar-refractivity contribution >= 4 is 5.97 Å². The highest BCUT2D eigenvalue weighted by atomic mass is 16.5. The molecular formula is C14H27NO3. The minimum atomic E-state index is -0.787. The van der Waals surface area contributed by atoms with Gasteiger partial charge < -0.3 is 15.2 Å². The van der Waals surface area contributed by atoms with Gasteiger partial charge in [0.1, 0.15) is 6.04 Å². The molecule has 18 heavy (non-hydrogen) atoms. The number of hydrogen-bond donors (Lipinski definition) is 2. The van der Waals surface area contributed by atoms with Crippen LogP contribution in [0.15, 0.2) is 0 Å². The Morgan fingerprint density at radius 3 is 2.44 bits per heavy atom. The predicted octanol–water partition coefficient (Wildman–Crippen LogP) is 2.42. The summed E-state index contributed by atoms with van der Waals surface area (Å²) in [6, 6.07) is -0.311. The van der Waals surface area contributed by atoms with E-state index in [9.17, 15) is 4.79 Å². The van der Waals surface area contributed by atoms with Gasteiger partial charge in [-0.2, -0.15) is 0 Å². The van der Waals surface area contributed by atoms with E-state index in [2.05, 4.69) is 12.2 Å². The van der Waals surface area contributed by atoms with Gasteiger partial charge in [-0.25, -0.2) is 0 Å². The number of carboxylic acids is 1. The Balaban J connectivity index is 2.20. The number of hydrogen-bond acceptors (Lipinski definition) is 3. The number of rotatable bonds is 7. The third kappa shape index (κ3) is 5.83. The van der Waals surface area contributed by atoms with Crippen LogP contribution in [0.4, 0.5) is 0 Å². The Kier molecular flexibility index (Phi) is 6.65. The molecule has 4 heteroatoms. The Morgan fingerprint density at radius 1 is 1.33 bits per heavy atom. The number of ether oxygens (including phenoxy) is 1. The Bertz CT molecular complexity index is 247. The lowest BCUT2D eigenvalue weighted by atomic mass is 9.89. The molecule has 0 radical (unpaired) electrons. The zero-order valence-electron chi connectivity index (χ0n) is 11.8. The summed E-state index contributed by atoms with van der Waals surface area (Å²) in [5.74, 6) is 0.0313. The van der Waals surface area contributed by atoms with E-state index in [4.69, 9.17) is 9.84 Å². The molecule has 2 N–H and O–H groups in total. The van der Waals surface area contributed by atoms with Crippen molar-refractivity contribution in [3.05, 3.63) is 0 Å². The first kappa shape index (κ1) is 15.4. The Hall–Kier alpha value is -0.610. The van der Waals surface area contributed by atoms with Crippen molar-refractivity contribution in [1.82, 2.24) is 5.32 Å². The lowest BCUT2D eigenvalue weighted by Crippen LogP contribution is -2.41. The van der Waals surface area contributed by atoms with Gasteiger partial charge in [0.15, 0.2) is 0 Å². The fraction of sp³-hybridized carbons (Fsp3) is 0.929. The second kappa shape index (κ2) is 7.74. The van der Waals surface area contributed by atoms with Gasteiger partial charge in [0.2, 0.25) is 0 Å². The molecule has 0 saturated heterocycles. The van der Waals surface area contributed by atoms with Gasteiger partial charge in [-0.15, -0.1) is 0 Å². The first-order chi connectivity index (χ1) is 8.49. The second-order valence-corrected chi connectivity index (χ2v) is 5.75. The van der Waals surface area contributed by atoms with Crippen molar-refractivity contribution in [3.8, 4) is 0 Å². The number of carbonyl (C=O) groups is 1. The average Bonchev–Trinajstić information content (AvgIpc) is 2.29. The number of carboxylic acid groups (broad SMARTS) is 1. The highest BCUT2D eigenvalue weighted by Gasteiger charge is 2.21. The van der Waals surface area contributed by atoms with Gasteiger partial charge in [-0.3, -0.25) is 4.79 Å². The summed E-state index contributed by atoms with van der Waals surface area (Å²) in [5.41, 5.74) is 0. The lowest BCUT2D eigenvalue weighted by Gasteiger charge is -2.27. The van der Waals surface area contributed by atoms with Gasteiger partial charge >= 0.3 is 5.97 Å². The highest BCUT2D eigenvalue weighted by Crippen LogP contribution is 2.25. The molecule has 0 heterocycles. The third-order valence-electron chi connectivity index (χ3n) is 3.56. The largest absolute Gasteiger partial charge is 0.480 e. The van der Waals surface area contributed by atoms with Crippen LogP contribution in [0.25, 0.3) is 0 Å². The summed E-state index contributed by atoms with van der Waals surface area (Å²) >= 11 is 0. The van der Waals surface area contributed by atoms with E-state index in [-0.39, 0.29) is 6.04 Å². The molecule has 1 rings (SSSR count). The van der Waals surface area contributed by atoms with Crippen LogP contribution < -0.4 is 5.32 Å². The van der Waals surface area contributed by atoms with Crippen LogP contribution >= 0.6 is 0 Å². The summed E-state index contributed by atoms with van der Waals surface area (Å²) in [6.07, 6.45) is 5.59. The van der Waals surface area contributed by atoms with Crippen molar-refractivity contribution in [3.63, 3.8) is 0 Å². The molecule has 0 spiro atoms. The maximum atomic E-state index is 11.0. The molecule has 1 aliphatic carbocycles. The average molecular weight is 257 g/mol. The van der Waals surface area contributed by atoms with E-state index in [1.54, 1.807) is 0 Å². The van der Waals surface area contributed by atoms with E-state index < -0.39 is 12.0 Å². The summed E-state index contributed by atoms with van der Waals surface area (Å²) in [5, 5.41) is 12.1. The molecule has 1 fully saturated rings. The molecule has 0 aromatic carbocycles. The van der Waals surface area contributed by atoms with Crippen molar-refractivity contribution in [1.29, 1.82) is 0 Å². The maximum Gasteiger partial charge on any atom is 0.320 e. The zero-order valence-corrected chi connectivity index (χ0v) is 11.8. The molecule has 0 aromatic rings. The van der Waals surface area contributed by atoms with Gasteiger partial charge in [0.25, 0.3) is 0 Å². The minimum Gasteiger partial charge on any atom is -0.480 e. The number of nitrogens with one attached hydrogen (secondary N) is 1. The molecule has 1 aliphatic rings. The zero-order chi connectivity index (χ0) is 13.5. The standard InChI is InChI=1S/C14H27NO3/c1-10(2)15-13(14(16)17)8-9-18-12-6-4-11(3)5-7-12/h10-13,15H,4-9H2,1-3H3,(H,16,17). The molecule has 0 amide bonds. The van der Waals surface area contributed by atoms with E-state index in [0.717, 1.165) is 18.8 Å². The Labute approximate surface area is 110 Å². The molecule has 0 bridgehead atoms. The summed E-state index contributed by atoms with van der Waals surface area (Å²) in [4.78, 5) is 11.0. The van der Waals surface area contributed by atoms with Gasteiger partial charge in [0, 0.05) is 12.6 Å². The molecular weight excluding hydrogens is 230 g/mol. The molecule has 1 saturated carbocycles. The van der Waals surface area contributed by atoms with Crippen LogP contribution in [0, 0.1) is 5.92 Å². The van der Waals surface area contributed by atoms with Crippen LogP contribution in [0.3, 0.4) is 0 Å². The Morgan fingerprint density at radius 2 is 1.94 bits per heavy atom. The fourth-order valence-electron chi connectivity index (χ4n) is 2.43. The van der Waals surface area contributed by atoms with Crippen LogP contribution in [0.1, 0.15) is 52.9 Å². The molecule has 0 aliphatic heterocycles. The lowest BCUT2D eigenvalue weighted by molar-refractivity contribution is -0.140. The summed E-state index contributed by atoms with van der Waals surface area (Å²) in [6.45, 7) is 6.73. The topological polar surface area (TPSA) is 58.6 Å². The third-order valence-corrected chi connectivity index (χ3v) is 3.56. The van der Waals surface area contributed by atoms with E-state index in [1.807, 2.05) is 13.8 Å². The number of aliphatic carboxylic acids is 1. The van der Waals surface area contributed by atoms with E-state index in [0.29, 0.717) is 19.1 Å². The molecule has 1 atom stereocenters.